The monoisotopic (exact) mass is 265 g/mol. The fourth-order valence-corrected chi connectivity index (χ4v) is 1.92. The van der Waals surface area contributed by atoms with Crippen LogP contribution < -0.4 is 21.5 Å². The van der Waals surface area contributed by atoms with E-state index < -0.39 is 0 Å². The van der Waals surface area contributed by atoms with Gasteiger partial charge >= 0.3 is 0 Å². The second kappa shape index (κ2) is 7.76. The number of nitrogens with two attached hydrogens (primary N) is 2. The maximum atomic E-state index is 11.4. The van der Waals surface area contributed by atoms with E-state index in [2.05, 4.69) is 5.32 Å². The number of rotatable bonds is 8. The zero-order chi connectivity index (χ0) is 14.3. The number of nitrogens with one attached hydrogen (secondary N) is 1. The predicted octanol–water partition coefficient (Wildman–Crippen LogP) is 0.939. The Balaban J connectivity index is 2.64. The molecule has 0 aliphatic heterocycles. The maximum absolute atomic E-state index is 11.4. The van der Waals surface area contributed by atoms with E-state index in [0.29, 0.717) is 13.0 Å². The number of carbonyl (C=O) groups excluding carboxylic acids is 1. The first-order valence-electron chi connectivity index (χ1n) is 6.48. The van der Waals surface area contributed by atoms with Gasteiger partial charge in [-0.05, 0) is 44.0 Å². The fourth-order valence-electron chi connectivity index (χ4n) is 1.92. The minimum absolute atomic E-state index is 0.0428. The van der Waals surface area contributed by atoms with E-state index in [-0.39, 0.29) is 18.0 Å². The lowest BCUT2D eigenvalue weighted by Gasteiger charge is -2.21. The lowest BCUT2D eigenvalue weighted by molar-refractivity contribution is -0.120. The molecule has 0 bridgehead atoms. The van der Waals surface area contributed by atoms with Gasteiger partial charge in [0.2, 0.25) is 5.91 Å². The van der Waals surface area contributed by atoms with Gasteiger partial charge in [-0.25, -0.2) is 0 Å². The van der Waals surface area contributed by atoms with Gasteiger partial charge in [0, 0.05) is 6.04 Å². The van der Waals surface area contributed by atoms with Crippen molar-refractivity contribution in [2.24, 2.45) is 11.5 Å². The van der Waals surface area contributed by atoms with Crippen LogP contribution in [0.2, 0.25) is 0 Å². The van der Waals surface area contributed by atoms with Crippen molar-refractivity contribution in [2.45, 2.75) is 31.8 Å². The molecule has 1 rings (SSSR count). The van der Waals surface area contributed by atoms with Crippen LogP contribution in [0, 0.1) is 0 Å². The predicted molar refractivity (Wildman–Crippen MR) is 75.8 cm³/mol. The zero-order valence-electron chi connectivity index (χ0n) is 11.6. The number of hydrogen-bond acceptors (Lipinski definition) is 4. The highest BCUT2D eigenvalue weighted by Gasteiger charge is 2.17. The Morgan fingerprint density at radius 1 is 1.37 bits per heavy atom. The van der Waals surface area contributed by atoms with Crippen LogP contribution >= 0.6 is 0 Å². The number of carbonyl (C=O) groups is 1. The summed E-state index contributed by atoms with van der Waals surface area (Å²) in [7, 11) is 1.63. The molecule has 0 radical (unpaired) electrons. The largest absolute Gasteiger partial charge is 0.497 e. The first-order chi connectivity index (χ1) is 9.08. The minimum Gasteiger partial charge on any atom is -0.497 e. The van der Waals surface area contributed by atoms with Gasteiger partial charge in [-0.3, -0.25) is 10.1 Å². The average molecular weight is 265 g/mol. The third-order valence-electron chi connectivity index (χ3n) is 3.11. The molecule has 0 saturated carbocycles. The molecule has 2 atom stereocenters. The number of benzene rings is 1. The normalized spacial score (nSPS) is 13.8. The van der Waals surface area contributed by atoms with Crippen LogP contribution in [0.25, 0.3) is 0 Å². The SMILES string of the molecule is COc1ccc(C(C)N[C@@H](CCCN)C(N)=O)cc1. The standard InChI is InChI=1S/C14H23N3O2/c1-10(11-5-7-12(19-2)8-6-11)17-13(14(16)18)4-3-9-15/h5-8,10,13,17H,3-4,9,15H2,1-2H3,(H2,16,18)/t10?,13-/m0/s1. The van der Waals surface area contributed by atoms with Gasteiger partial charge in [-0.15, -0.1) is 0 Å². The third-order valence-corrected chi connectivity index (χ3v) is 3.11. The van der Waals surface area contributed by atoms with Crippen molar-refractivity contribution >= 4 is 5.91 Å². The summed E-state index contributed by atoms with van der Waals surface area (Å²) in [6.45, 7) is 2.56. The van der Waals surface area contributed by atoms with E-state index in [1.807, 2.05) is 31.2 Å². The molecule has 0 spiro atoms. The van der Waals surface area contributed by atoms with E-state index in [9.17, 15) is 4.79 Å². The number of amides is 1. The molecule has 0 aliphatic rings. The van der Waals surface area contributed by atoms with Crippen LogP contribution in [-0.2, 0) is 4.79 Å². The molecule has 1 unspecified atom stereocenters. The lowest BCUT2D eigenvalue weighted by atomic mass is 10.0. The van der Waals surface area contributed by atoms with Crippen molar-refractivity contribution in [1.82, 2.24) is 5.32 Å². The molecule has 1 amide bonds. The highest BCUT2D eigenvalue weighted by Crippen LogP contribution is 2.18. The summed E-state index contributed by atoms with van der Waals surface area (Å²) in [6.07, 6.45) is 1.43. The highest BCUT2D eigenvalue weighted by atomic mass is 16.5. The van der Waals surface area contributed by atoms with Gasteiger partial charge in [0.05, 0.1) is 13.2 Å². The Morgan fingerprint density at radius 3 is 2.47 bits per heavy atom. The zero-order valence-corrected chi connectivity index (χ0v) is 11.6. The second-order valence-corrected chi connectivity index (χ2v) is 4.55. The van der Waals surface area contributed by atoms with Gasteiger partial charge in [-0.2, -0.15) is 0 Å². The van der Waals surface area contributed by atoms with Crippen molar-refractivity contribution in [3.05, 3.63) is 29.8 Å². The van der Waals surface area contributed by atoms with Crippen molar-refractivity contribution in [2.75, 3.05) is 13.7 Å². The summed E-state index contributed by atoms with van der Waals surface area (Å²) in [4.78, 5) is 11.4. The van der Waals surface area contributed by atoms with Gasteiger partial charge in [0.1, 0.15) is 5.75 Å². The van der Waals surface area contributed by atoms with Crippen LogP contribution in [0.3, 0.4) is 0 Å². The topological polar surface area (TPSA) is 90.4 Å². The van der Waals surface area contributed by atoms with E-state index in [1.165, 1.54) is 0 Å². The molecule has 1 aromatic rings. The van der Waals surface area contributed by atoms with Crippen molar-refractivity contribution < 1.29 is 9.53 Å². The van der Waals surface area contributed by atoms with Crippen LogP contribution in [0.5, 0.6) is 5.75 Å². The molecular formula is C14H23N3O2. The summed E-state index contributed by atoms with van der Waals surface area (Å²) in [5, 5.41) is 3.23. The Kier molecular flexibility index (Phi) is 6.32. The molecule has 0 aromatic heterocycles. The summed E-state index contributed by atoms with van der Waals surface area (Å²) in [5.74, 6) is 0.472. The van der Waals surface area contributed by atoms with E-state index in [4.69, 9.17) is 16.2 Å². The molecule has 1 aromatic carbocycles. The van der Waals surface area contributed by atoms with Crippen molar-refractivity contribution in [3.8, 4) is 5.75 Å². The highest BCUT2D eigenvalue weighted by molar-refractivity contribution is 5.79. The van der Waals surface area contributed by atoms with Gasteiger partial charge in [0.25, 0.3) is 0 Å². The Labute approximate surface area is 114 Å². The summed E-state index contributed by atoms with van der Waals surface area (Å²) in [5.41, 5.74) is 11.9. The Bertz CT molecular complexity index is 392. The Hall–Kier alpha value is -1.59. The number of primary amides is 1. The number of methoxy groups -OCH3 is 1. The molecule has 5 heteroatoms. The molecule has 5 nitrogen and oxygen atoms in total. The molecule has 0 saturated heterocycles. The number of ether oxygens (including phenoxy) is 1. The average Bonchev–Trinajstić information content (AvgIpc) is 2.43. The van der Waals surface area contributed by atoms with E-state index >= 15 is 0 Å². The molecule has 0 fully saturated rings. The van der Waals surface area contributed by atoms with Crippen molar-refractivity contribution in [3.63, 3.8) is 0 Å². The van der Waals surface area contributed by atoms with E-state index in [1.54, 1.807) is 7.11 Å². The molecule has 0 aliphatic carbocycles. The maximum Gasteiger partial charge on any atom is 0.234 e. The lowest BCUT2D eigenvalue weighted by Crippen LogP contribution is -2.42. The Morgan fingerprint density at radius 2 is 2.00 bits per heavy atom. The van der Waals surface area contributed by atoms with Gasteiger partial charge in [0.15, 0.2) is 0 Å². The van der Waals surface area contributed by atoms with Gasteiger partial charge in [-0.1, -0.05) is 12.1 Å². The van der Waals surface area contributed by atoms with Crippen LogP contribution in [-0.4, -0.2) is 25.6 Å². The molecule has 5 N–H and O–H groups in total. The first-order valence-corrected chi connectivity index (χ1v) is 6.48. The molecular weight excluding hydrogens is 242 g/mol. The van der Waals surface area contributed by atoms with Crippen LogP contribution in [0.4, 0.5) is 0 Å². The van der Waals surface area contributed by atoms with Crippen LogP contribution in [0.1, 0.15) is 31.4 Å². The fraction of sp³-hybridized carbons (Fsp3) is 0.500. The second-order valence-electron chi connectivity index (χ2n) is 4.55. The molecule has 0 heterocycles. The minimum atomic E-state index is -0.347. The van der Waals surface area contributed by atoms with Crippen LogP contribution in [0.15, 0.2) is 24.3 Å². The first kappa shape index (κ1) is 15.5. The summed E-state index contributed by atoms with van der Waals surface area (Å²) < 4.78 is 5.11. The summed E-state index contributed by atoms with van der Waals surface area (Å²) in [6, 6.07) is 7.43. The van der Waals surface area contributed by atoms with E-state index in [0.717, 1.165) is 17.7 Å². The van der Waals surface area contributed by atoms with Gasteiger partial charge < -0.3 is 16.2 Å². The third kappa shape index (κ3) is 4.89. The number of hydrogen-bond donors (Lipinski definition) is 3. The quantitative estimate of drug-likeness (QED) is 0.652. The van der Waals surface area contributed by atoms with Crippen molar-refractivity contribution in [1.29, 1.82) is 0 Å². The smallest absolute Gasteiger partial charge is 0.234 e. The molecule has 106 valence electrons. The summed E-state index contributed by atoms with van der Waals surface area (Å²) >= 11 is 0. The molecule has 19 heavy (non-hydrogen) atoms.